The first-order chi connectivity index (χ1) is 11.7. The zero-order chi connectivity index (χ0) is 16.9. The van der Waals surface area contributed by atoms with Crippen molar-refractivity contribution in [1.29, 1.82) is 0 Å². The summed E-state index contributed by atoms with van der Waals surface area (Å²) >= 11 is 6.88. The van der Waals surface area contributed by atoms with Gasteiger partial charge in [0.15, 0.2) is 11.0 Å². The van der Waals surface area contributed by atoms with Crippen LogP contribution in [0.4, 0.5) is 8.78 Å². The van der Waals surface area contributed by atoms with Crippen molar-refractivity contribution in [2.24, 2.45) is 0 Å². The fourth-order valence-electron chi connectivity index (χ4n) is 2.18. The second-order valence-electron chi connectivity index (χ2n) is 4.78. The minimum absolute atomic E-state index is 0.192. The van der Waals surface area contributed by atoms with Crippen molar-refractivity contribution in [1.82, 2.24) is 14.8 Å². The van der Waals surface area contributed by atoms with Crippen LogP contribution < -0.4 is 0 Å². The third-order valence-corrected chi connectivity index (χ3v) is 4.27. The molecule has 1 heterocycles. The molecule has 2 aromatic carbocycles. The van der Waals surface area contributed by atoms with Crippen molar-refractivity contribution < 1.29 is 8.78 Å². The van der Waals surface area contributed by atoms with Gasteiger partial charge in [0.25, 0.3) is 0 Å². The van der Waals surface area contributed by atoms with E-state index in [-0.39, 0.29) is 5.69 Å². The van der Waals surface area contributed by atoms with Crippen LogP contribution in [0.25, 0.3) is 17.1 Å². The zero-order valence-electron chi connectivity index (χ0n) is 12.4. The van der Waals surface area contributed by atoms with Crippen molar-refractivity contribution in [2.75, 3.05) is 5.75 Å². The van der Waals surface area contributed by atoms with E-state index in [0.717, 1.165) is 11.6 Å². The Labute approximate surface area is 147 Å². The fraction of sp³-hybridized carbons (Fsp3) is 0.0588. The van der Waals surface area contributed by atoms with Crippen molar-refractivity contribution in [3.8, 4) is 17.1 Å². The first-order valence-corrected chi connectivity index (χ1v) is 8.47. The number of thioether (sulfide) groups is 1. The highest BCUT2D eigenvalue weighted by atomic mass is 35.5. The molecule has 7 heteroatoms. The number of benzene rings is 2. The number of aromatic nitrogens is 3. The lowest BCUT2D eigenvalue weighted by Gasteiger charge is -2.11. The molecule has 0 bridgehead atoms. The molecule has 0 N–H and O–H groups in total. The zero-order valence-corrected chi connectivity index (χ0v) is 13.9. The monoisotopic (exact) mass is 363 g/mol. The molecule has 0 aliphatic rings. The van der Waals surface area contributed by atoms with E-state index in [2.05, 4.69) is 10.2 Å². The normalized spacial score (nSPS) is 11.3. The molecule has 0 aliphatic heterocycles. The minimum atomic E-state index is -0.679. The van der Waals surface area contributed by atoms with Crippen LogP contribution in [0.1, 0.15) is 0 Å². The van der Waals surface area contributed by atoms with Crippen LogP contribution in [0.3, 0.4) is 0 Å². The summed E-state index contributed by atoms with van der Waals surface area (Å²) in [7, 11) is 0. The van der Waals surface area contributed by atoms with Gasteiger partial charge in [-0.15, -0.1) is 10.2 Å². The summed E-state index contributed by atoms with van der Waals surface area (Å²) in [5.41, 5.74) is 2.38. The maximum Gasteiger partial charge on any atom is 0.196 e. The molecule has 3 nitrogen and oxygen atoms in total. The maximum atomic E-state index is 14.3. The Morgan fingerprint density at radius 1 is 1.08 bits per heavy atom. The highest BCUT2D eigenvalue weighted by molar-refractivity contribution is 7.99. The first-order valence-electron chi connectivity index (χ1n) is 7.05. The number of nitrogens with zero attached hydrogens (tertiary/aromatic N) is 3. The molecule has 0 atom stereocenters. The molecular weight excluding hydrogens is 352 g/mol. The number of halogens is 3. The molecule has 24 heavy (non-hydrogen) atoms. The smallest absolute Gasteiger partial charge is 0.196 e. The first kappa shape index (κ1) is 16.7. The second-order valence-corrected chi connectivity index (χ2v) is 6.02. The third-order valence-electron chi connectivity index (χ3n) is 3.21. The molecule has 0 aliphatic carbocycles. The molecule has 3 rings (SSSR count). The Morgan fingerprint density at radius 2 is 1.88 bits per heavy atom. The Hall–Kier alpha value is -2.18. The Balaban J connectivity index is 2.14. The highest BCUT2D eigenvalue weighted by Gasteiger charge is 2.18. The van der Waals surface area contributed by atoms with E-state index in [9.17, 15) is 8.78 Å². The van der Waals surface area contributed by atoms with E-state index in [0.29, 0.717) is 16.7 Å². The molecule has 3 aromatic rings. The molecule has 0 spiro atoms. The van der Waals surface area contributed by atoms with Gasteiger partial charge in [0, 0.05) is 22.9 Å². The van der Waals surface area contributed by atoms with Gasteiger partial charge in [-0.05, 0) is 12.1 Å². The van der Waals surface area contributed by atoms with Gasteiger partial charge in [-0.1, -0.05) is 59.8 Å². The van der Waals surface area contributed by atoms with Gasteiger partial charge in [0.1, 0.15) is 11.6 Å². The van der Waals surface area contributed by atoms with Crippen LogP contribution in [-0.4, -0.2) is 20.5 Å². The van der Waals surface area contributed by atoms with Crippen molar-refractivity contribution in [3.63, 3.8) is 0 Å². The molecule has 0 unspecified atom stereocenters. The van der Waals surface area contributed by atoms with Gasteiger partial charge in [0.2, 0.25) is 0 Å². The minimum Gasteiger partial charge on any atom is -0.267 e. The van der Waals surface area contributed by atoms with E-state index in [1.54, 1.807) is 10.6 Å². The standard InChI is InChI=1S/C17H12ClF2N3S/c18-9-4-10-24-17-22-21-16(12-5-2-1-3-6-12)23(17)15-8-7-13(19)11-14(15)20/h1-9,11H,10H2. The average molecular weight is 364 g/mol. The molecule has 122 valence electrons. The van der Waals surface area contributed by atoms with E-state index >= 15 is 0 Å². The van der Waals surface area contributed by atoms with Gasteiger partial charge < -0.3 is 0 Å². The Kier molecular flexibility index (Phi) is 5.27. The summed E-state index contributed by atoms with van der Waals surface area (Å²) in [5.74, 6) is -0.274. The molecule has 0 saturated heterocycles. The molecular formula is C17H12ClF2N3S. The highest BCUT2D eigenvalue weighted by Crippen LogP contribution is 2.29. The largest absolute Gasteiger partial charge is 0.267 e. The molecule has 0 saturated carbocycles. The van der Waals surface area contributed by atoms with Crippen LogP contribution in [-0.2, 0) is 0 Å². The molecule has 1 aromatic heterocycles. The van der Waals surface area contributed by atoms with Gasteiger partial charge in [-0.25, -0.2) is 8.78 Å². The van der Waals surface area contributed by atoms with Gasteiger partial charge in [0.05, 0.1) is 5.69 Å². The number of hydrogen-bond acceptors (Lipinski definition) is 3. The van der Waals surface area contributed by atoms with E-state index in [1.165, 1.54) is 29.4 Å². The average Bonchev–Trinajstić information content (AvgIpc) is 3.00. The number of rotatable bonds is 5. The predicted octanol–water partition coefficient (Wildman–Crippen LogP) is 5.06. The third kappa shape index (κ3) is 3.49. The second kappa shape index (κ2) is 7.59. The summed E-state index contributed by atoms with van der Waals surface area (Å²) in [4.78, 5) is 0. The van der Waals surface area contributed by atoms with Gasteiger partial charge in [-0.2, -0.15) is 0 Å². The summed E-state index contributed by atoms with van der Waals surface area (Å²) in [6, 6.07) is 12.7. The van der Waals surface area contributed by atoms with Crippen molar-refractivity contribution in [3.05, 3.63) is 71.8 Å². The fourth-order valence-corrected chi connectivity index (χ4v) is 3.13. The van der Waals surface area contributed by atoms with Crippen molar-refractivity contribution >= 4 is 23.4 Å². The Morgan fingerprint density at radius 3 is 2.58 bits per heavy atom. The topological polar surface area (TPSA) is 30.7 Å². The summed E-state index contributed by atoms with van der Waals surface area (Å²) in [6.07, 6.45) is 1.74. The predicted molar refractivity (Wildman–Crippen MR) is 92.4 cm³/mol. The van der Waals surface area contributed by atoms with Crippen LogP contribution in [0.2, 0.25) is 0 Å². The summed E-state index contributed by atoms with van der Waals surface area (Å²) in [5, 5.41) is 8.82. The van der Waals surface area contributed by atoms with E-state index in [1.807, 2.05) is 30.3 Å². The summed E-state index contributed by atoms with van der Waals surface area (Å²) < 4.78 is 29.1. The van der Waals surface area contributed by atoms with Crippen LogP contribution in [0.5, 0.6) is 0 Å². The lowest BCUT2D eigenvalue weighted by molar-refractivity contribution is 0.575. The van der Waals surface area contributed by atoms with Crippen LogP contribution in [0, 0.1) is 11.6 Å². The summed E-state index contributed by atoms with van der Waals surface area (Å²) in [6.45, 7) is 0. The van der Waals surface area contributed by atoms with E-state index < -0.39 is 11.6 Å². The Bertz CT molecular complexity index is 866. The molecule has 0 radical (unpaired) electrons. The SMILES string of the molecule is Fc1ccc(-n2c(SCC=CCl)nnc2-c2ccccc2)c(F)c1. The number of hydrogen-bond donors (Lipinski definition) is 0. The van der Waals surface area contributed by atoms with Crippen LogP contribution >= 0.6 is 23.4 Å². The van der Waals surface area contributed by atoms with E-state index in [4.69, 9.17) is 11.6 Å². The van der Waals surface area contributed by atoms with Crippen LogP contribution in [0.15, 0.2) is 65.3 Å². The molecule has 0 fully saturated rings. The lowest BCUT2D eigenvalue weighted by Crippen LogP contribution is -2.03. The van der Waals surface area contributed by atoms with Gasteiger partial charge >= 0.3 is 0 Å². The lowest BCUT2D eigenvalue weighted by atomic mass is 10.2. The molecule has 0 amide bonds. The van der Waals surface area contributed by atoms with Crippen molar-refractivity contribution in [2.45, 2.75) is 5.16 Å². The maximum absolute atomic E-state index is 14.3. The quantitative estimate of drug-likeness (QED) is 0.594. The van der Waals surface area contributed by atoms with Gasteiger partial charge in [-0.3, -0.25) is 4.57 Å².